The summed E-state index contributed by atoms with van der Waals surface area (Å²) in [5.74, 6) is 0. The van der Waals surface area contributed by atoms with Crippen LogP contribution >= 0.6 is 0 Å². The van der Waals surface area contributed by atoms with Crippen molar-refractivity contribution in [2.24, 2.45) is 0 Å². The maximum Gasteiger partial charge on any atom is 0.206 e. The predicted octanol–water partition coefficient (Wildman–Crippen LogP) is 1.35. The Bertz CT molecular complexity index is 117. The minimum atomic E-state index is -1.66. The van der Waals surface area contributed by atoms with Crippen molar-refractivity contribution in [1.29, 1.82) is 0 Å². The topological polar surface area (TPSA) is 35.3 Å². The smallest absolute Gasteiger partial charge is 0.206 e. The predicted molar refractivity (Wildman–Crippen MR) is 39.8 cm³/mol. The van der Waals surface area contributed by atoms with Crippen LogP contribution in [-0.2, 0) is 4.53 Å². The van der Waals surface area contributed by atoms with Crippen LogP contribution in [0, 0.1) is 5.21 Å². The maximum absolute atomic E-state index is 10.5. The minimum absolute atomic E-state index is 0.520. The Balaban J connectivity index is 3.75. The van der Waals surface area contributed by atoms with Gasteiger partial charge in [0.05, 0.1) is 0 Å². The number of hydrogen-bond donors (Lipinski definition) is 0. The zero-order valence-electron chi connectivity index (χ0n) is 6.34. The molecule has 0 atom stereocenters. The summed E-state index contributed by atoms with van der Waals surface area (Å²) in [6.07, 6.45) is 1.36. The maximum atomic E-state index is 10.5. The molecule has 0 rings (SSSR count). The van der Waals surface area contributed by atoms with Gasteiger partial charge in [-0.3, -0.25) is 5.21 Å². The summed E-state index contributed by atoms with van der Waals surface area (Å²) in [5, 5.41) is 10.5. The molecule has 0 amide bonds. The Labute approximate surface area is 56.6 Å². The molecule has 0 radical (unpaired) electrons. The Morgan fingerprint density at radius 2 is 1.89 bits per heavy atom. The monoisotopic (exact) mass is 147 g/mol. The van der Waals surface area contributed by atoms with Crippen molar-refractivity contribution in [3.8, 4) is 0 Å². The molecule has 0 aliphatic rings. The summed E-state index contributed by atoms with van der Waals surface area (Å²) in [5.41, 5.74) is 0. The Morgan fingerprint density at radius 1 is 1.44 bits per heavy atom. The molecule has 0 saturated heterocycles. The van der Waals surface area contributed by atoms with Gasteiger partial charge in [0, 0.05) is 11.8 Å². The molecule has 0 aliphatic heterocycles. The normalized spacial score (nSPS) is 13.6. The standard InChI is InChI=1S/C5H13NO2Si/c1-5-6(7)8-9(2,3)4/h5H,1-4H3/b6-5+. The van der Waals surface area contributed by atoms with Crippen molar-refractivity contribution >= 4 is 14.5 Å². The van der Waals surface area contributed by atoms with E-state index in [0.29, 0.717) is 4.90 Å². The molecule has 0 fully saturated rings. The van der Waals surface area contributed by atoms with Crippen LogP contribution in [0.2, 0.25) is 19.6 Å². The summed E-state index contributed by atoms with van der Waals surface area (Å²) in [7, 11) is -1.66. The van der Waals surface area contributed by atoms with Gasteiger partial charge in [-0.15, -0.1) is 0 Å². The molecule has 0 heterocycles. The van der Waals surface area contributed by atoms with Crippen LogP contribution in [0.3, 0.4) is 0 Å². The molecule has 0 saturated carbocycles. The quantitative estimate of drug-likeness (QED) is 0.256. The third kappa shape index (κ3) is 5.36. The van der Waals surface area contributed by atoms with Crippen LogP contribution < -0.4 is 0 Å². The SMILES string of the molecule is C/C=[N+](\[O-])O[Si](C)(C)C. The average molecular weight is 147 g/mol. The molecule has 54 valence electrons. The number of nitrogens with zero attached hydrogens (tertiary/aromatic N) is 1. The lowest BCUT2D eigenvalue weighted by atomic mass is 10.9. The molecule has 0 aromatic heterocycles. The van der Waals surface area contributed by atoms with Crippen LogP contribution in [0.4, 0.5) is 0 Å². The summed E-state index contributed by atoms with van der Waals surface area (Å²) in [4.78, 5) is 0.520. The van der Waals surface area contributed by atoms with Gasteiger partial charge in [-0.05, 0) is 0 Å². The van der Waals surface area contributed by atoms with E-state index in [0.717, 1.165) is 0 Å². The van der Waals surface area contributed by atoms with E-state index in [1.165, 1.54) is 6.21 Å². The molecule has 0 N–H and O–H groups in total. The van der Waals surface area contributed by atoms with Gasteiger partial charge in [-0.25, -0.2) is 0 Å². The van der Waals surface area contributed by atoms with Gasteiger partial charge in [-0.1, -0.05) is 19.6 Å². The van der Waals surface area contributed by atoms with Crippen LogP contribution in [0.15, 0.2) is 0 Å². The lowest BCUT2D eigenvalue weighted by Crippen LogP contribution is -2.29. The molecule has 0 unspecified atom stereocenters. The van der Waals surface area contributed by atoms with Crippen molar-refractivity contribution in [2.75, 3.05) is 0 Å². The van der Waals surface area contributed by atoms with Crippen molar-refractivity contribution in [1.82, 2.24) is 0 Å². The van der Waals surface area contributed by atoms with Crippen molar-refractivity contribution in [3.05, 3.63) is 5.21 Å². The first-order valence-corrected chi connectivity index (χ1v) is 6.31. The summed E-state index contributed by atoms with van der Waals surface area (Å²) in [6.45, 7) is 7.53. The van der Waals surface area contributed by atoms with Crippen LogP contribution in [0.5, 0.6) is 0 Å². The Morgan fingerprint density at radius 3 is 2.00 bits per heavy atom. The lowest BCUT2D eigenvalue weighted by molar-refractivity contribution is -0.700. The number of hydrogen-bond acceptors (Lipinski definition) is 2. The summed E-state index contributed by atoms with van der Waals surface area (Å²) < 4.78 is 4.95. The van der Waals surface area contributed by atoms with Gasteiger partial charge in [0.2, 0.25) is 6.21 Å². The fraction of sp³-hybridized carbons (Fsp3) is 0.800. The molecular weight excluding hydrogens is 134 g/mol. The van der Waals surface area contributed by atoms with Crippen molar-refractivity contribution < 1.29 is 9.43 Å². The zero-order chi connectivity index (χ0) is 7.49. The third-order valence-corrected chi connectivity index (χ3v) is 1.30. The van der Waals surface area contributed by atoms with Gasteiger partial charge >= 0.3 is 0 Å². The van der Waals surface area contributed by atoms with Gasteiger partial charge in [0.1, 0.15) is 0 Å². The molecule has 0 aliphatic carbocycles. The van der Waals surface area contributed by atoms with E-state index in [1.54, 1.807) is 6.92 Å². The molecule has 9 heavy (non-hydrogen) atoms. The average Bonchev–Trinajstić information content (AvgIpc) is 1.62. The summed E-state index contributed by atoms with van der Waals surface area (Å²) in [6, 6.07) is 0. The highest BCUT2D eigenvalue weighted by Crippen LogP contribution is 2.01. The molecular formula is C5H13NO2Si. The van der Waals surface area contributed by atoms with Gasteiger partial charge in [0.25, 0.3) is 0 Å². The summed E-state index contributed by atoms with van der Waals surface area (Å²) >= 11 is 0. The molecule has 0 aromatic rings. The van der Waals surface area contributed by atoms with E-state index >= 15 is 0 Å². The highest BCUT2D eigenvalue weighted by molar-refractivity contribution is 6.69. The van der Waals surface area contributed by atoms with E-state index in [9.17, 15) is 5.21 Å². The van der Waals surface area contributed by atoms with E-state index in [1.807, 2.05) is 19.6 Å². The first kappa shape index (κ1) is 8.49. The first-order valence-electron chi connectivity index (χ1n) is 2.90. The molecule has 0 bridgehead atoms. The number of rotatable bonds is 2. The van der Waals surface area contributed by atoms with E-state index in [-0.39, 0.29) is 0 Å². The van der Waals surface area contributed by atoms with E-state index < -0.39 is 8.32 Å². The van der Waals surface area contributed by atoms with Crippen molar-refractivity contribution in [2.45, 2.75) is 26.6 Å². The fourth-order valence-corrected chi connectivity index (χ4v) is 0.968. The molecule has 0 spiro atoms. The third-order valence-electron chi connectivity index (χ3n) is 0.575. The largest absolute Gasteiger partial charge is 0.444 e. The second kappa shape index (κ2) is 2.86. The van der Waals surface area contributed by atoms with E-state index in [4.69, 9.17) is 4.53 Å². The van der Waals surface area contributed by atoms with Crippen LogP contribution in [-0.4, -0.2) is 19.4 Å². The highest BCUT2D eigenvalue weighted by atomic mass is 28.4. The lowest BCUT2D eigenvalue weighted by Gasteiger charge is -2.18. The van der Waals surface area contributed by atoms with Crippen LogP contribution in [0.1, 0.15) is 6.92 Å². The van der Waals surface area contributed by atoms with Gasteiger partial charge in [-0.2, -0.15) is 0 Å². The van der Waals surface area contributed by atoms with E-state index in [2.05, 4.69) is 0 Å². The zero-order valence-corrected chi connectivity index (χ0v) is 7.34. The van der Waals surface area contributed by atoms with Crippen LogP contribution in [0.25, 0.3) is 0 Å². The van der Waals surface area contributed by atoms with Gasteiger partial charge in [0.15, 0.2) is 8.32 Å². The fourth-order valence-electron chi connectivity index (χ4n) is 0.323. The molecule has 4 heteroatoms. The second-order valence-electron chi connectivity index (χ2n) is 2.75. The van der Waals surface area contributed by atoms with Gasteiger partial charge < -0.3 is 4.53 Å². The van der Waals surface area contributed by atoms with Crippen molar-refractivity contribution in [3.63, 3.8) is 0 Å². The first-order chi connectivity index (χ1) is 3.95. The Kier molecular flexibility index (Phi) is 2.70. The Hall–Kier alpha value is -0.513. The highest BCUT2D eigenvalue weighted by Gasteiger charge is 2.12. The molecule has 0 aromatic carbocycles. The second-order valence-corrected chi connectivity index (χ2v) is 7.15. The minimum Gasteiger partial charge on any atom is -0.444 e. The molecule has 3 nitrogen and oxygen atoms in total.